The van der Waals surface area contributed by atoms with Crippen LogP contribution in [0, 0.1) is 0 Å². The van der Waals surface area contributed by atoms with Gasteiger partial charge in [-0.25, -0.2) is 0 Å². The van der Waals surface area contributed by atoms with Crippen molar-refractivity contribution in [1.29, 1.82) is 0 Å². The third kappa shape index (κ3) is 4.17. The van der Waals surface area contributed by atoms with E-state index in [1.807, 2.05) is 53.4 Å². The molecule has 0 radical (unpaired) electrons. The Morgan fingerprint density at radius 3 is 2.68 bits per heavy atom. The lowest BCUT2D eigenvalue weighted by Crippen LogP contribution is -2.48. The van der Waals surface area contributed by atoms with Crippen molar-refractivity contribution in [2.45, 2.75) is 18.9 Å². The predicted molar refractivity (Wildman–Crippen MR) is 113 cm³/mol. The Morgan fingerprint density at radius 2 is 1.93 bits per heavy atom. The lowest BCUT2D eigenvalue weighted by atomic mass is 10.0. The van der Waals surface area contributed by atoms with Gasteiger partial charge >= 0.3 is 0 Å². The van der Waals surface area contributed by atoms with Crippen LogP contribution < -0.4 is 10.2 Å². The third-order valence-corrected chi connectivity index (χ3v) is 5.45. The zero-order valence-corrected chi connectivity index (χ0v) is 17.0. The molecular weight excluding hydrogens is 397 g/mol. The number of carbonyl (C=O) groups excluding carboxylic acids is 2. The fourth-order valence-electron chi connectivity index (χ4n) is 3.85. The van der Waals surface area contributed by atoms with Crippen LogP contribution in [-0.4, -0.2) is 42.9 Å². The molecule has 1 N–H and O–H groups in total. The number of hydrogen-bond donors (Lipinski definition) is 1. The van der Waals surface area contributed by atoms with E-state index in [0.29, 0.717) is 30.1 Å². The topological polar surface area (TPSA) is 52.7 Å². The molecule has 4 rings (SSSR count). The SMILES string of the molecule is Cl.O=C1CCCN1c1cccc(C(=O)N2CCNCC2c2cccc(Cl)c2)c1. The minimum Gasteiger partial charge on any atom is -0.329 e. The van der Waals surface area contributed by atoms with Crippen molar-refractivity contribution in [3.05, 3.63) is 64.7 Å². The molecule has 1 atom stereocenters. The van der Waals surface area contributed by atoms with Crippen molar-refractivity contribution in [2.24, 2.45) is 0 Å². The van der Waals surface area contributed by atoms with Gasteiger partial charge in [-0.05, 0) is 42.3 Å². The molecule has 1 unspecified atom stereocenters. The molecule has 2 saturated heterocycles. The molecule has 0 spiro atoms. The maximum Gasteiger partial charge on any atom is 0.254 e. The average molecular weight is 420 g/mol. The van der Waals surface area contributed by atoms with Crippen LogP contribution in [0.5, 0.6) is 0 Å². The van der Waals surface area contributed by atoms with E-state index in [1.165, 1.54) is 0 Å². The smallest absolute Gasteiger partial charge is 0.254 e. The molecule has 2 aliphatic heterocycles. The van der Waals surface area contributed by atoms with Crippen LogP contribution in [0.2, 0.25) is 5.02 Å². The number of nitrogens with one attached hydrogen (secondary N) is 1. The Bertz CT molecular complexity index is 874. The molecule has 0 aromatic heterocycles. The summed E-state index contributed by atoms with van der Waals surface area (Å²) >= 11 is 6.15. The van der Waals surface area contributed by atoms with Gasteiger partial charge in [0.25, 0.3) is 5.91 Å². The van der Waals surface area contributed by atoms with E-state index in [1.54, 1.807) is 4.90 Å². The van der Waals surface area contributed by atoms with E-state index in [9.17, 15) is 9.59 Å². The van der Waals surface area contributed by atoms with Crippen LogP contribution >= 0.6 is 24.0 Å². The highest BCUT2D eigenvalue weighted by Crippen LogP contribution is 2.28. The Labute approximate surface area is 176 Å². The Hall–Kier alpha value is -2.08. The summed E-state index contributed by atoms with van der Waals surface area (Å²) in [7, 11) is 0. The summed E-state index contributed by atoms with van der Waals surface area (Å²) in [5.41, 5.74) is 2.44. The molecule has 2 aliphatic rings. The molecule has 2 aromatic rings. The van der Waals surface area contributed by atoms with Gasteiger partial charge < -0.3 is 15.1 Å². The molecule has 2 heterocycles. The summed E-state index contributed by atoms with van der Waals surface area (Å²) in [6.07, 6.45) is 1.44. The third-order valence-electron chi connectivity index (χ3n) is 5.22. The molecule has 0 aliphatic carbocycles. The first-order valence-corrected chi connectivity index (χ1v) is 9.69. The summed E-state index contributed by atoms with van der Waals surface area (Å²) in [6, 6.07) is 15.0. The van der Waals surface area contributed by atoms with Gasteiger partial charge in [0, 0.05) is 48.9 Å². The molecule has 2 fully saturated rings. The lowest BCUT2D eigenvalue weighted by Gasteiger charge is -2.37. The Kier molecular flexibility index (Phi) is 6.60. The second kappa shape index (κ2) is 8.95. The maximum absolute atomic E-state index is 13.3. The van der Waals surface area contributed by atoms with E-state index >= 15 is 0 Å². The zero-order chi connectivity index (χ0) is 18.8. The summed E-state index contributed by atoms with van der Waals surface area (Å²) < 4.78 is 0. The largest absolute Gasteiger partial charge is 0.329 e. The summed E-state index contributed by atoms with van der Waals surface area (Å²) in [5.74, 6) is 0.105. The van der Waals surface area contributed by atoms with Crippen LogP contribution in [0.1, 0.15) is 34.8 Å². The first-order chi connectivity index (χ1) is 13.1. The van der Waals surface area contributed by atoms with Gasteiger partial charge in [-0.1, -0.05) is 29.8 Å². The van der Waals surface area contributed by atoms with Crippen molar-refractivity contribution >= 4 is 41.5 Å². The van der Waals surface area contributed by atoms with Gasteiger partial charge in [0.05, 0.1) is 6.04 Å². The molecule has 0 saturated carbocycles. The van der Waals surface area contributed by atoms with Crippen molar-refractivity contribution in [1.82, 2.24) is 10.2 Å². The minimum atomic E-state index is -0.0676. The Balaban J connectivity index is 0.00000225. The van der Waals surface area contributed by atoms with Crippen LogP contribution in [0.4, 0.5) is 5.69 Å². The maximum atomic E-state index is 13.3. The van der Waals surface area contributed by atoms with Crippen LogP contribution in [0.3, 0.4) is 0 Å². The van der Waals surface area contributed by atoms with E-state index in [0.717, 1.165) is 30.8 Å². The molecule has 7 heteroatoms. The number of piperazine rings is 1. The number of benzene rings is 2. The monoisotopic (exact) mass is 419 g/mol. The first kappa shape index (κ1) is 20.6. The second-order valence-electron chi connectivity index (χ2n) is 6.97. The lowest BCUT2D eigenvalue weighted by molar-refractivity contribution is -0.117. The van der Waals surface area contributed by atoms with Gasteiger partial charge in [0.15, 0.2) is 0 Å². The average Bonchev–Trinajstić information content (AvgIpc) is 3.13. The molecular formula is C21H23Cl2N3O2. The van der Waals surface area contributed by atoms with Crippen molar-refractivity contribution < 1.29 is 9.59 Å². The summed E-state index contributed by atoms with van der Waals surface area (Å²) in [4.78, 5) is 29.0. The highest BCUT2D eigenvalue weighted by Gasteiger charge is 2.29. The van der Waals surface area contributed by atoms with Crippen molar-refractivity contribution in [2.75, 3.05) is 31.1 Å². The quantitative estimate of drug-likeness (QED) is 0.825. The molecule has 2 amide bonds. The van der Waals surface area contributed by atoms with E-state index in [4.69, 9.17) is 11.6 Å². The number of rotatable bonds is 3. The molecule has 0 bridgehead atoms. The normalized spacial score (nSPS) is 19.5. The highest BCUT2D eigenvalue weighted by molar-refractivity contribution is 6.30. The van der Waals surface area contributed by atoms with Crippen molar-refractivity contribution in [3.8, 4) is 0 Å². The van der Waals surface area contributed by atoms with E-state index in [-0.39, 0.29) is 30.3 Å². The number of anilines is 1. The summed E-state index contributed by atoms with van der Waals surface area (Å²) in [6.45, 7) is 2.79. The zero-order valence-electron chi connectivity index (χ0n) is 15.4. The fraction of sp³-hybridized carbons (Fsp3) is 0.333. The number of amides is 2. The van der Waals surface area contributed by atoms with Gasteiger partial charge in [0.1, 0.15) is 0 Å². The molecule has 28 heavy (non-hydrogen) atoms. The molecule has 5 nitrogen and oxygen atoms in total. The predicted octanol–water partition coefficient (Wildman–Crippen LogP) is 3.68. The minimum absolute atomic E-state index is 0. The van der Waals surface area contributed by atoms with Gasteiger partial charge in [-0.3, -0.25) is 9.59 Å². The van der Waals surface area contributed by atoms with Crippen LogP contribution in [-0.2, 0) is 4.79 Å². The van der Waals surface area contributed by atoms with Gasteiger partial charge in [-0.15, -0.1) is 12.4 Å². The standard InChI is InChI=1S/C21H22ClN3O2.ClH/c22-17-6-1-4-15(12-17)19-14-23-9-11-25(19)21(27)16-5-2-7-18(13-16)24-10-3-8-20(24)26;/h1-2,4-7,12-13,19,23H,3,8-11,14H2;1H. The first-order valence-electron chi connectivity index (χ1n) is 9.31. The Morgan fingerprint density at radius 1 is 1.11 bits per heavy atom. The number of hydrogen-bond acceptors (Lipinski definition) is 3. The van der Waals surface area contributed by atoms with E-state index < -0.39 is 0 Å². The van der Waals surface area contributed by atoms with E-state index in [2.05, 4.69) is 5.32 Å². The molecule has 148 valence electrons. The summed E-state index contributed by atoms with van der Waals surface area (Å²) in [5, 5.41) is 4.03. The second-order valence-corrected chi connectivity index (χ2v) is 7.41. The number of halogens is 2. The van der Waals surface area contributed by atoms with Gasteiger partial charge in [-0.2, -0.15) is 0 Å². The fourth-order valence-corrected chi connectivity index (χ4v) is 4.05. The highest BCUT2D eigenvalue weighted by atomic mass is 35.5. The van der Waals surface area contributed by atoms with Gasteiger partial charge in [0.2, 0.25) is 5.91 Å². The number of carbonyl (C=O) groups is 2. The van der Waals surface area contributed by atoms with Crippen molar-refractivity contribution in [3.63, 3.8) is 0 Å². The van der Waals surface area contributed by atoms with Crippen LogP contribution in [0.25, 0.3) is 0 Å². The molecule has 2 aromatic carbocycles. The van der Waals surface area contributed by atoms with Crippen LogP contribution in [0.15, 0.2) is 48.5 Å². The number of nitrogens with zero attached hydrogens (tertiary/aromatic N) is 2.